The summed E-state index contributed by atoms with van der Waals surface area (Å²) in [6.07, 6.45) is 7.44. The zero-order chi connectivity index (χ0) is 16.1. The summed E-state index contributed by atoms with van der Waals surface area (Å²) < 4.78 is 6.03. The van der Waals surface area contributed by atoms with Gasteiger partial charge in [0.2, 0.25) is 0 Å². The zero-order valence-electron chi connectivity index (χ0n) is 12.5. The molecule has 0 saturated heterocycles. The minimum absolute atomic E-state index is 0.250. The number of carbonyl (C=O) groups is 1. The summed E-state index contributed by atoms with van der Waals surface area (Å²) in [5, 5.41) is 2.51. The Morgan fingerprint density at radius 2 is 2.13 bits per heavy atom. The Hall–Kier alpha value is -2.17. The van der Waals surface area contributed by atoms with Crippen LogP contribution in [0.25, 0.3) is 0 Å². The van der Waals surface area contributed by atoms with E-state index in [4.69, 9.17) is 16.3 Å². The summed E-state index contributed by atoms with van der Waals surface area (Å²) in [4.78, 5) is 16.4. The van der Waals surface area contributed by atoms with Gasteiger partial charge in [-0.15, -0.1) is 11.6 Å². The van der Waals surface area contributed by atoms with Gasteiger partial charge in [-0.05, 0) is 17.7 Å². The molecule has 118 valence electrons. The highest BCUT2D eigenvalue weighted by Gasteiger charge is 2.41. The smallest absolute Gasteiger partial charge is 0.255 e. The maximum atomic E-state index is 12.4. The molecule has 1 aliphatic rings. The number of nitrogens with zero attached hydrogens (tertiary/aromatic N) is 1. The molecule has 0 bridgehead atoms. The Morgan fingerprint density at radius 1 is 1.30 bits per heavy atom. The highest BCUT2D eigenvalue weighted by Crippen LogP contribution is 2.31. The molecule has 1 aromatic heterocycles. The van der Waals surface area contributed by atoms with Gasteiger partial charge in [0.25, 0.3) is 5.91 Å². The third-order valence-electron chi connectivity index (χ3n) is 3.76. The van der Waals surface area contributed by atoms with Crippen LogP contribution in [0.15, 0.2) is 67.0 Å². The van der Waals surface area contributed by atoms with Gasteiger partial charge in [-0.2, -0.15) is 0 Å². The van der Waals surface area contributed by atoms with Crippen LogP contribution in [0.1, 0.15) is 22.3 Å². The van der Waals surface area contributed by atoms with Crippen molar-refractivity contribution in [2.24, 2.45) is 0 Å². The fourth-order valence-corrected chi connectivity index (χ4v) is 2.78. The van der Waals surface area contributed by atoms with Gasteiger partial charge in [-0.25, -0.2) is 0 Å². The third-order valence-corrected chi connectivity index (χ3v) is 4.26. The number of hydrogen-bond donors (Lipinski definition) is 1. The largest absolute Gasteiger partial charge is 0.349 e. The minimum atomic E-state index is -0.940. The second kappa shape index (κ2) is 6.94. The molecule has 2 unspecified atom stereocenters. The van der Waals surface area contributed by atoms with Crippen LogP contribution < -0.4 is 5.32 Å². The molecule has 1 aromatic carbocycles. The number of ether oxygens (including phenoxy) is 1. The maximum absolute atomic E-state index is 12.4. The Morgan fingerprint density at radius 3 is 2.78 bits per heavy atom. The summed E-state index contributed by atoms with van der Waals surface area (Å²) in [5.74, 6) is -0.250. The van der Waals surface area contributed by atoms with Crippen LogP contribution >= 0.6 is 11.6 Å². The van der Waals surface area contributed by atoms with Gasteiger partial charge in [-0.1, -0.05) is 42.5 Å². The van der Waals surface area contributed by atoms with Crippen LogP contribution in [-0.2, 0) is 11.3 Å². The topological polar surface area (TPSA) is 51.2 Å². The first-order valence-corrected chi connectivity index (χ1v) is 7.84. The number of alkyl halides is 1. The average Bonchev–Trinajstić information content (AvgIpc) is 2.95. The predicted molar refractivity (Wildman–Crippen MR) is 89.1 cm³/mol. The Balaban J connectivity index is 1.74. The minimum Gasteiger partial charge on any atom is -0.349 e. The molecule has 1 amide bonds. The van der Waals surface area contributed by atoms with Gasteiger partial charge >= 0.3 is 0 Å². The van der Waals surface area contributed by atoms with Crippen molar-refractivity contribution in [3.63, 3.8) is 0 Å². The molecule has 0 fully saturated rings. The number of amides is 1. The molecule has 2 aromatic rings. The van der Waals surface area contributed by atoms with Crippen LogP contribution in [0.2, 0.25) is 0 Å². The van der Waals surface area contributed by atoms with Crippen molar-refractivity contribution in [1.29, 1.82) is 0 Å². The van der Waals surface area contributed by atoms with Gasteiger partial charge in [0.1, 0.15) is 0 Å². The highest BCUT2D eigenvalue weighted by molar-refractivity contribution is 6.23. The number of hydrogen-bond acceptors (Lipinski definition) is 3. The maximum Gasteiger partial charge on any atom is 0.255 e. The van der Waals surface area contributed by atoms with E-state index in [0.29, 0.717) is 18.6 Å². The number of benzene rings is 1. The van der Waals surface area contributed by atoms with E-state index in [1.807, 2.05) is 42.5 Å². The van der Waals surface area contributed by atoms with E-state index in [1.165, 1.54) is 6.20 Å². The van der Waals surface area contributed by atoms with Crippen LogP contribution in [0.3, 0.4) is 0 Å². The van der Waals surface area contributed by atoms with Gasteiger partial charge < -0.3 is 10.1 Å². The van der Waals surface area contributed by atoms with Gasteiger partial charge in [-0.3, -0.25) is 9.78 Å². The molecule has 4 nitrogen and oxygen atoms in total. The number of carbonyl (C=O) groups excluding carboxylic acids is 1. The van der Waals surface area contributed by atoms with Crippen molar-refractivity contribution in [3.05, 3.63) is 78.1 Å². The van der Waals surface area contributed by atoms with E-state index >= 15 is 0 Å². The summed E-state index contributed by atoms with van der Waals surface area (Å²) in [6, 6.07) is 13.2. The molecule has 0 spiro atoms. The molecule has 23 heavy (non-hydrogen) atoms. The molecular formula is C18H17ClN2O2. The number of rotatable bonds is 5. The number of aromatic nitrogens is 1. The van der Waals surface area contributed by atoms with Gasteiger partial charge in [0.05, 0.1) is 17.5 Å². The fraction of sp³-hybridized carbons (Fsp3) is 0.222. The molecule has 5 heteroatoms. The molecule has 0 aliphatic heterocycles. The van der Waals surface area contributed by atoms with E-state index in [-0.39, 0.29) is 5.91 Å². The van der Waals surface area contributed by atoms with Crippen molar-refractivity contribution >= 4 is 17.5 Å². The standard InChI is InChI=1S/C18H17ClN2O2/c19-16-9-4-10-18(16,23-13-14-6-2-1-3-7-14)21-17(22)15-8-5-11-20-12-15/h1-9,11-12,16H,10,13H2,(H,21,22). The Labute approximate surface area is 140 Å². The summed E-state index contributed by atoms with van der Waals surface area (Å²) in [5.41, 5.74) is 0.564. The first-order valence-electron chi connectivity index (χ1n) is 7.41. The Bertz CT molecular complexity index is 691. The molecule has 0 radical (unpaired) electrons. The number of nitrogens with one attached hydrogen (secondary N) is 1. The first-order chi connectivity index (χ1) is 11.2. The zero-order valence-corrected chi connectivity index (χ0v) is 13.2. The predicted octanol–water partition coefficient (Wildman–Crippen LogP) is 3.29. The molecule has 3 rings (SSSR count). The van der Waals surface area contributed by atoms with E-state index in [1.54, 1.807) is 18.3 Å². The van der Waals surface area contributed by atoms with Crippen LogP contribution in [-0.4, -0.2) is 22.0 Å². The van der Waals surface area contributed by atoms with Crippen molar-refractivity contribution < 1.29 is 9.53 Å². The fourth-order valence-electron chi connectivity index (χ4n) is 2.47. The van der Waals surface area contributed by atoms with Crippen LogP contribution in [0.4, 0.5) is 0 Å². The molecule has 1 aliphatic carbocycles. The van der Waals surface area contributed by atoms with Crippen molar-refractivity contribution in [2.45, 2.75) is 24.1 Å². The molecular weight excluding hydrogens is 312 g/mol. The molecule has 0 saturated carbocycles. The van der Waals surface area contributed by atoms with E-state index in [0.717, 1.165) is 5.56 Å². The SMILES string of the molecule is O=C(NC1(OCc2ccccc2)CC=CC1Cl)c1cccnc1. The monoisotopic (exact) mass is 328 g/mol. The number of halogens is 1. The van der Waals surface area contributed by atoms with E-state index < -0.39 is 11.1 Å². The van der Waals surface area contributed by atoms with Gasteiger partial charge in [0.15, 0.2) is 5.72 Å². The molecule has 1 N–H and O–H groups in total. The lowest BCUT2D eigenvalue weighted by Gasteiger charge is -2.33. The summed E-state index contributed by atoms with van der Waals surface area (Å²) in [6.45, 7) is 0.374. The third kappa shape index (κ3) is 3.60. The second-order valence-electron chi connectivity index (χ2n) is 5.39. The van der Waals surface area contributed by atoms with E-state index in [9.17, 15) is 4.79 Å². The van der Waals surface area contributed by atoms with Crippen molar-refractivity contribution in [1.82, 2.24) is 10.3 Å². The quantitative estimate of drug-likeness (QED) is 0.520. The average molecular weight is 329 g/mol. The normalized spacial score (nSPS) is 22.9. The lowest BCUT2D eigenvalue weighted by molar-refractivity contribution is -0.0632. The molecule has 2 atom stereocenters. The Kier molecular flexibility index (Phi) is 4.74. The first kappa shape index (κ1) is 15.7. The van der Waals surface area contributed by atoms with Crippen molar-refractivity contribution in [3.8, 4) is 0 Å². The van der Waals surface area contributed by atoms with E-state index in [2.05, 4.69) is 10.3 Å². The van der Waals surface area contributed by atoms with Crippen molar-refractivity contribution in [2.75, 3.05) is 0 Å². The summed E-state index contributed by atoms with van der Waals surface area (Å²) in [7, 11) is 0. The highest BCUT2D eigenvalue weighted by atomic mass is 35.5. The second-order valence-corrected chi connectivity index (χ2v) is 5.86. The molecule has 1 heterocycles. The summed E-state index contributed by atoms with van der Waals surface area (Å²) >= 11 is 6.39. The lowest BCUT2D eigenvalue weighted by atomic mass is 10.1. The lowest BCUT2D eigenvalue weighted by Crippen LogP contribution is -2.54. The number of pyridine rings is 1. The van der Waals surface area contributed by atoms with Crippen LogP contribution in [0.5, 0.6) is 0 Å². The van der Waals surface area contributed by atoms with Crippen LogP contribution in [0, 0.1) is 0 Å². The van der Waals surface area contributed by atoms with Gasteiger partial charge in [0, 0.05) is 18.8 Å².